The smallest absolute Gasteiger partial charge is 0.154 e. The molecular weight excluding hydrogens is 323 g/mol. The van der Waals surface area contributed by atoms with E-state index in [1.54, 1.807) is 17.8 Å². The van der Waals surface area contributed by atoms with Crippen molar-refractivity contribution in [1.82, 2.24) is 0 Å². The number of rotatable bonds is 8. The number of aromatic hydroxyl groups is 1. The third-order valence-electron chi connectivity index (χ3n) is 2.86. The minimum Gasteiger partial charge on any atom is -0.505 e. The lowest BCUT2D eigenvalue weighted by Gasteiger charge is -2.08. The molecule has 0 spiro atoms. The van der Waals surface area contributed by atoms with Crippen molar-refractivity contribution < 1.29 is 5.11 Å². The molecule has 1 nitrogen and oxygen atoms in total. The van der Waals surface area contributed by atoms with Crippen LogP contribution in [0.2, 0.25) is 15.1 Å². The number of phenolic OH excluding ortho intramolecular Hbond substituents is 1. The molecule has 0 aliphatic carbocycles. The number of halogens is 3. The lowest BCUT2D eigenvalue weighted by Crippen LogP contribution is -1.85. The molecule has 1 rings (SSSR count). The van der Waals surface area contributed by atoms with Gasteiger partial charge in [0.05, 0.1) is 10.0 Å². The molecule has 0 radical (unpaired) electrons. The summed E-state index contributed by atoms with van der Waals surface area (Å²) >= 11 is 19.5. The van der Waals surface area contributed by atoms with Crippen LogP contribution in [0.15, 0.2) is 11.0 Å². The summed E-state index contributed by atoms with van der Waals surface area (Å²) in [5.41, 5.74) is 0. The molecule has 0 aliphatic heterocycles. The van der Waals surface area contributed by atoms with Crippen LogP contribution in [0.25, 0.3) is 0 Å². The molecule has 0 saturated heterocycles. The van der Waals surface area contributed by atoms with Crippen LogP contribution < -0.4 is 0 Å². The van der Waals surface area contributed by atoms with E-state index in [1.165, 1.54) is 32.1 Å². The zero-order valence-electron chi connectivity index (χ0n) is 11.0. The van der Waals surface area contributed by atoms with E-state index in [9.17, 15) is 5.11 Å². The first kappa shape index (κ1) is 17.3. The van der Waals surface area contributed by atoms with E-state index in [-0.39, 0.29) is 15.8 Å². The van der Waals surface area contributed by atoms with Gasteiger partial charge in [-0.05, 0) is 18.2 Å². The average molecular weight is 342 g/mol. The van der Waals surface area contributed by atoms with Gasteiger partial charge < -0.3 is 5.11 Å². The topological polar surface area (TPSA) is 20.2 Å². The summed E-state index contributed by atoms with van der Waals surface area (Å²) in [5.74, 6) is 0.848. The maximum atomic E-state index is 9.55. The van der Waals surface area contributed by atoms with E-state index in [0.717, 1.165) is 17.1 Å². The van der Waals surface area contributed by atoms with Crippen LogP contribution in [-0.4, -0.2) is 10.9 Å². The average Bonchev–Trinajstić information content (AvgIpc) is 2.41. The molecule has 1 N–H and O–H groups in total. The Bertz CT molecular complexity index is 410. The van der Waals surface area contributed by atoms with Gasteiger partial charge in [-0.15, -0.1) is 11.8 Å². The summed E-state index contributed by atoms with van der Waals surface area (Å²) < 4.78 is 0. The monoisotopic (exact) mass is 340 g/mol. The normalized spacial score (nSPS) is 10.9. The van der Waals surface area contributed by atoms with E-state index in [4.69, 9.17) is 34.8 Å². The molecular formula is C14H19Cl3OS. The van der Waals surface area contributed by atoms with Crippen LogP contribution in [0.5, 0.6) is 5.75 Å². The van der Waals surface area contributed by atoms with Gasteiger partial charge in [0.15, 0.2) is 5.75 Å². The number of hydrogen-bond acceptors (Lipinski definition) is 2. The van der Waals surface area contributed by atoms with Crippen molar-refractivity contribution in [3.8, 4) is 5.75 Å². The third kappa shape index (κ3) is 5.63. The Morgan fingerprint density at radius 3 is 2.32 bits per heavy atom. The zero-order valence-corrected chi connectivity index (χ0v) is 14.1. The van der Waals surface area contributed by atoms with Crippen LogP contribution in [0.1, 0.15) is 45.4 Å². The Morgan fingerprint density at radius 2 is 1.63 bits per heavy atom. The maximum absolute atomic E-state index is 9.55. The fourth-order valence-electron chi connectivity index (χ4n) is 1.73. The van der Waals surface area contributed by atoms with Crippen molar-refractivity contribution in [2.24, 2.45) is 0 Å². The highest BCUT2D eigenvalue weighted by molar-refractivity contribution is 7.99. The Hall–Kier alpha value is 0.240. The van der Waals surface area contributed by atoms with Crippen molar-refractivity contribution in [2.75, 3.05) is 5.75 Å². The lowest BCUT2D eigenvalue weighted by molar-refractivity contribution is 0.475. The summed E-state index contributed by atoms with van der Waals surface area (Å²) in [6, 6.07) is 1.67. The summed E-state index contributed by atoms with van der Waals surface area (Å²) in [7, 11) is 0. The highest BCUT2D eigenvalue weighted by Crippen LogP contribution is 2.43. The molecule has 0 aliphatic rings. The number of benzene rings is 1. The molecule has 108 valence electrons. The fraction of sp³-hybridized carbons (Fsp3) is 0.571. The van der Waals surface area contributed by atoms with E-state index in [2.05, 4.69) is 6.92 Å². The third-order valence-corrected chi connectivity index (χ3v) is 5.24. The molecule has 0 bridgehead atoms. The summed E-state index contributed by atoms with van der Waals surface area (Å²) in [4.78, 5) is 0.836. The first-order valence-electron chi connectivity index (χ1n) is 6.57. The van der Waals surface area contributed by atoms with Crippen LogP contribution in [0.4, 0.5) is 0 Å². The van der Waals surface area contributed by atoms with Crippen LogP contribution >= 0.6 is 46.6 Å². The van der Waals surface area contributed by atoms with Crippen LogP contribution in [-0.2, 0) is 0 Å². The molecule has 1 aromatic rings. The van der Waals surface area contributed by atoms with Gasteiger partial charge in [0.25, 0.3) is 0 Å². The quantitative estimate of drug-likeness (QED) is 0.318. The van der Waals surface area contributed by atoms with Crippen molar-refractivity contribution in [1.29, 1.82) is 0 Å². The van der Waals surface area contributed by atoms with Crippen molar-refractivity contribution in [3.05, 3.63) is 21.1 Å². The summed E-state index contributed by atoms with van der Waals surface area (Å²) in [5, 5.41) is 10.3. The predicted molar refractivity (Wildman–Crippen MR) is 87.2 cm³/mol. The number of thioether (sulfide) groups is 1. The fourth-order valence-corrected chi connectivity index (χ4v) is 3.62. The molecule has 1 aromatic carbocycles. The Labute approximate surface area is 134 Å². The molecule has 5 heteroatoms. The molecule has 0 amide bonds. The molecule has 0 unspecified atom stereocenters. The van der Waals surface area contributed by atoms with Gasteiger partial charge in [-0.3, -0.25) is 0 Å². The number of unbranched alkanes of at least 4 members (excludes halogenated alkanes) is 5. The second-order valence-electron chi connectivity index (χ2n) is 4.45. The number of hydrogen-bond donors (Lipinski definition) is 1. The van der Waals surface area contributed by atoms with E-state index in [0.29, 0.717) is 5.02 Å². The second kappa shape index (κ2) is 9.23. The van der Waals surface area contributed by atoms with Crippen molar-refractivity contribution in [3.63, 3.8) is 0 Å². The van der Waals surface area contributed by atoms with Gasteiger partial charge in [-0.2, -0.15) is 0 Å². The Kier molecular flexibility index (Phi) is 8.40. The lowest BCUT2D eigenvalue weighted by atomic mass is 10.1. The van der Waals surface area contributed by atoms with Crippen molar-refractivity contribution in [2.45, 2.75) is 50.3 Å². The van der Waals surface area contributed by atoms with Gasteiger partial charge in [-0.1, -0.05) is 73.8 Å². The standard InChI is InChI=1S/C14H19Cl3OS/c1-2-3-4-5-6-7-8-19-11-9-10(15)14(18)13(17)12(11)16/h9,18H,2-8H2,1H3. The molecule has 19 heavy (non-hydrogen) atoms. The summed E-state index contributed by atoms with van der Waals surface area (Å²) in [6.07, 6.45) is 7.60. The van der Waals surface area contributed by atoms with Crippen molar-refractivity contribution >= 4 is 46.6 Å². The van der Waals surface area contributed by atoms with Crippen LogP contribution in [0, 0.1) is 0 Å². The minimum atomic E-state index is -0.141. The first-order valence-corrected chi connectivity index (χ1v) is 8.69. The van der Waals surface area contributed by atoms with Gasteiger partial charge in [0.2, 0.25) is 0 Å². The Morgan fingerprint density at radius 1 is 1.00 bits per heavy atom. The molecule has 0 aromatic heterocycles. The first-order chi connectivity index (χ1) is 9.07. The number of phenols is 1. The maximum Gasteiger partial charge on any atom is 0.154 e. The molecule has 0 saturated carbocycles. The predicted octanol–water partition coefficient (Wildman–Crippen LogP) is 6.81. The minimum absolute atomic E-state index is 0.139. The van der Waals surface area contributed by atoms with Gasteiger partial charge in [0, 0.05) is 4.90 Å². The molecule has 0 atom stereocenters. The largest absolute Gasteiger partial charge is 0.505 e. The highest BCUT2D eigenvalue weighted by Gasteiger charge is 2.13. The van der Waals surface area contributed by atoms with Gasteiger partial charge in [-0.25, -0.2) is 0 Å². The molecule has 0 heterocycles. The van der Waals surface area contributed by atoms with E-state index < -0.39 is 0 Å². The zero-order chi connectivity index (χ0) is 14.3. The molecule has 0 fully saturated rings. The second-order valence-corrected chi connectivity index (χ2v) is 6.75. The van der Waals surface area contributed by atoms with Gasteiger partial charge >= 0.3 is 0 Å². The van der Waals surface area contributed by atoms with E-state index >= 15 is 0 Å². The highest BCUT2D eigenvalue weighted by atomic mass is 35.5. The van der Waals surface area contributed by atoms with Gasteiger partial charge in [0.1, 0.15) is 5.02 Å². The van der Waals surface area contributed by atoms with E-state index in [1.807, 2.05) is 0 Å². The summed E-state index contributed by atoms with van der Waals surface area (Å²) in [6.45, 7) is 2.22. The SMILES string of the molecule is CCCCCCCCSc1cc(Cl)c(O)c(Cl)c1Cl. The Balaban J connectivity index is 2.38. The van der Waals surface area contributed by atoms with Crippen LogP contribution in [0.3, 0.4) is 0 Å².